The van der Waals surface area contributed by atoms with E-state index in [1.807, 2.05) is 6.92 Å². The minimum atomic E-state index is -4.46. The van der Waals surface area contributed by atoms with Crippen molar-refractivity contribution in [1.29, 1.82) is 0 Å². The van der Waals surface area contributed by atoms with Gasteiger partial charge in [0.2, 0.25) is 0 Å². The number of hydrogen-bond acceptors (Lipinski definition) is 1. The topological polar surface area (TPSA) is 20.2 Å². The van der Waals surface area contributed by atoms with Gasteiger partial charge in [-0.1, -0.05) is 26.2 Å². The summed E-state index contributed by atoms with van der Waals surface area (Å²) < 4.78 is 36.4. The van der Waals surface area contributed by atoms with Gasteiger partial charge in [-0.2, -0.15) is 13.2 Å². The van der Waals surface area contributed by atoms with Crippen LogP contribution in [-0.4, -0.2) is 17.4 Å². The number of rotatable bonds is 2. The molecule has 1 rings (SSSR count). The van der Waals surface area contributed by atoms with Crippen molar-refractivity contribution < 1.29 is 18.3 Å². The molecular weight excluding hydrogens is 193 g/mol. The van der Waals surface area contributed by atoms with Crippen molar-refractivity contribution >= 4 is 0 Å². The minimum absolute atomic E-state index is 0.142. The van der Waals surface area contributed by atoms with E-state index in [4.69, 9.17) is 5.11 Å². The van der Waals surface area contributed by atoms with Gasteiger partial charge in [0.05, 0.1) is 0 Å². The number of aliphatic hydroxyl groups excluding tert-OH is 1. The van der Waals surface area contributed by atoms with Crippen LogP contribution in [-0.2, 0) is 0 Å². The first-order valence-electron chi connectivity index (χ1n) is 5.08. The van der Waals surface area contributed by atoms with Gasteiger partial charge in [-0.15, -0.1) is 0 Å². The van der Waals surface area contributed by atoms with Crippen LogP contribution in [0.15, 0.2) is 0 Å². The highest BCUT2D eigenvalue weighted by atomic mass is 19.4. The molecule has 0 spiro atoms. The molecule has 1 nitrogen and oxygen atoms in total. The Morgan fingerprint density at radius 3 is 2.14 bits per heavy atom. The maximum Gasteiger partial charge on any atom is 0.414 e. The summed E-state index contributed by atoms with van der Waals surface area (Å²) >= 11 is 0. The summed E-state index contributed by atoms with van der Waals surface area (Å²) in [6.45, 7) is 1.85. The largest absolute Gasteiger partial charge is 0.414 e. The van der Waals surface area contributed by atoms with Crippen LogP contribution in [0.3, 0.4) is 0 Å². The molecule has 0 radical (unpaired) electrons. The van der Waals surface area contributed by atoms with Gasteiger partial charge in [0, 0.05) is 0 Å². The summed E-state index contributed by atoms with van der Waals surface area (Å²) in [5.74, 6) is 0. The van der Waals surface area contributed by atoms with Crippen LogP contribution in [0.2, 0.25) is 0 Å². The van der Waals surface area contributed by atoms with E-state index in [2.05, 4.69) is 0 Å². The Kier molecular flexibility index (Phi) is 3.45. The molecule has 1 unspecified atom stereocenters. The lowest BCUT2D eigenvalue weighted by molar-refractivity contribution is -0.213. The summed E-state index contributed by atoms with van der Waals surface area (Å²) in [6.07, 6.45) is -2.05. The molecule has 1 aliphatic rings. The molecule has 1 saturated carbocycles. The maximum absolute atomic E-state index is 12.1. The lowest BCUT2D eigenvalue weighted by Gasteiger charge is -2.35. The Morgan fingerprint density at radius 1 is 1.21 bits per heavy atom. The second kappa shape index (κ2) is 4.09. The SMILES string of the molecule is CC1(CC(O)C(F)(F)F)CCCCC1. The first-order chi connectivity index (χ1) is 6.33. The van der Waals surface area contributed by atoms with E-state index in [-0.39, 0.29) is 11.8 Å². The van der Waals surface area contributed by atoms with E-state index in [9.17, 15) is 13.2 Å². The Balaban J connectivity index is 2.49. The van der Waals surface area contributed by atoms with E-state index in [1.54, 1.807) is 0 Å². The zero-order chi connectivity index (χ0) is 10.8. The molecule has 0 saturated heterocycles. The monoisotopic (exact) mass is 210 g/mol. The Labute approximate surface area is 82.3 Å². The van der Waals surface area contributed by atoms with Crippen LogP contribution >= 0.6 is 0 Å². The molecular formula is C10H17F3O. The summed E-state index contributed by atoms with van der Waals surface area (Å²) in [5, 5.41) is 8.98. The van der Waals surface area contributed by atoms with Crippen molar-refractivity contribution in [2.24, 2.45) is 5.41 Å². The van der Waals surface area contributed by atoms with Crippen LogP contribution in [0.4, 0.5) is 13.2 Å². The summed E-state index contributed by atoms with van der Waals surface area (Å²) in [5.41, 5.74) is -0.312. The number of halogens is 3. The van der Waals surface area contributed by atoms with Gasteiger partial charge < -0.3 is 5.11 Å². The van der Waals surface area contributed by atoms with Crippen LogP contribution < -0.4 is 0 Å². The van der Waals surface area contributed by atoms with E-state index >= 15 is 0 Å². The highest BCUT2D eigenvalue weighted by Crippen LogP contribution is 2.41. The van der Waals surface area contributed by atoms with Gasteiger partial charge in [-0.25, -0.2) is 0 Å². The molecule has 14 heavy (non-hydrogen) atoms. The van der Waals surface area contributed by atoms with Crippen molar-refractivity contribution in [3.63, 3.8) is 0 Å². The fourth-order valence-electron chi connectivity index (χ4n) is 2.19. The molecule has 0 aliphatic heterocycles. The average Bonchev–Trinajstić information content (AvgIpc) is 2.02. The quantitative estimate of drug-likeness (QED) is 0.741. The molecule has 1 aliphatic carbocycles. The fraction of sp³-hybridized carbons (Fsp3) is 1.00. The molecule has 1 atom stereocenters. The van der Waals surface area contributed by atoms with E-state index < -0.39 is 12.3 Å². The van der Waals surface area contributed by atoms with Crippen LogP contribution in [0.5, 0.6) is 0 Å². The van der Waals surface area contributed by atoms with Crippen molar-refractivity contribution in [1.82, 2.24) is 0 Å². The molecule has 1 N–H and O–H groups in total. The molecule has 0 aromatic carbocycles. The first kappa shape index (κ1) is 11.8. The lowest BCUT2D eigenvalue weighted by Crippen LogP contribution is -2.35. The first-order valence-corrected chi connectivity index (χ1v) is 5.08. The highest BCUT2D eigenvalue weighted by Gasteiger charge is 2.42. The second-order valence-electron chi connectivity index (χ2n) is 4.63. The normalized spacial score (nSPS) is 24.6. The Hall–Kier alpha value is -0.250. The zero-order valence-corrected chi connectivity index (χ0v) is 8.40. The third-order valence-electron chi connectivity index (χ3n) is 3.12. The molecule has 0 aromatic heterocycles. The standard InChI is InChI=1S/C10H17F3O/c1-9(5-3-2-4-6-9)7-8(14)10(11,12)13/h8,14H,2-7H2,1H3. The van der Waals surface area contributed by atoms with E-state index in [0.29, 0.717) is 0 Å². The minimum Gasteiger partial charge on any atom is -0.384 e. The molecule has 4 heteroatoms. The second-order valence-corrected chi connectivity index (χ2v) is 4.63. The average molecular weight is 210 g/mol. The van der Waals surface area contributed by atoms with Gasteiger partial charge in [0.15, 0.2) is 0 Å². The smallest absolute Gasteiger partial charge is 0.384 e. The van der Waals surface area contributed by atoms with Crippen molar-refractivity contribution in [2.45, 2.75) is 57.7 Å². The summed E-state index contributed by atoms with van der Waals surface area (Å²) in [4.78, 5) is 0. The van der Waals surface area contributed by atoms with Gasteiger partial charge in [0.25, 0.3) is 0 Å². The van der Waals surface area contributed by atoms with Gasteiger partial charge in [0.1, 0.15) is 6.10 Å². The molecule has 0 amide bonds. The fourth-order valence-corrected chi connectivity index (χ4v) is 2.19. The van der Waals surface area contributed by atoms with Crippen molar-refractivity contribution in [3.05, 3.63) is 0 Å². The molecule has 1 fully saturated rings. The highest BCUT2D eigenvalue weighted by molar-refractivity contribution is 4.83. The lowest BCUT2D eigenvalue weighted by atomic mass is 9.72. The third-order valence-corrected chi connectivity index (χ3v) is 3.12. The number of alkyl halides is 3. The van der Waals surface area contributed by atoms with E-state index in [0.717, 1.165) is 32.1 Å². The third kappa shape index (κ3) is 3.15. The van der Waals surface area contributed by atoms with E-state index in [1.165, 1.54) is 0 Å². The molecule has 0 aromatic rings. The van der Waals surface area contributed by atoms with Gasteiger partial charge in [-0.3, -0.25) is 0 Å². The Bertz CT molecular complexity index is 182. The Morgan fingerprint density at radius 2 is 1.71 bits per heavy atom. The number of aliphatic hydroxyl groups is 1. The zero-order valence-electron chi connectivity index (χ0n) is 8.40. The summed E-state index contributed by atoms with van der Waals surface area (Å²) in [7, 11) is 0. The predicted octanol–water partition coefficient (Wildman–Crippen LogP) is 3.27. The van der Waals surface area contributed by atoms with Crippen LogP contribution in [0.1, 0.15) is 45.4 Å². The van der Waals surface area contributed by atoms with Crippen molar-refractivity contribution in [3.8, 4) is 0 Å². The molecule has 0 bridgehead atoms. The van der Waals surface area contributed by atoms with Crippen molar-refractivity contribution in [2.75, 3.05) is 0 Å². The van der Waals surface area contributed by atoms with Gasteiger partial charge in [-0.05, 0) is 24.7 Å². The molecule has 84 valence electrons. The molecule has 0 heterocycles. The predicted molar refractivity (Wildman–Crippen MR) is 47.9 cm³/mol. The van der Waals surface area contributed by atoms with Gasteiger partial charge >= 0.3 is 6.18 Å². The van der Waals surface area contributed by atoms with Crippen LogP contribution in [0, 0.1) is 5.41 Å². The summed E-state index contributed by atoms with van der Waals surface area (Å²) in [6, 6.07) is 0. The van der Waals surface area contributed by atoms with Crippen LogP contribution in [0.25, 0.3) is 0 Å². The maximum atomic E-state index is 12.1. The number of hydrogen-bond donors (Lipinski definition) is 1.